The monoisotopic (exact) mass is 577 g/mol. The Morgan fingerprint density at radius 3 is 2.50 bits per heavy atom. The molecule has 0 aliphatic carbocycles. The van der Waals surface area contributed by atoms with Crippen molar-refractivity contribution in [2.45, 2.75) is 18.7 Å². The highest BCUT2D eigenvalue weighted by atomic mass is 32.2. The highest BCUT2D eigenvalue weighted by molar-refractivity contribution is 8.00. The molecular formula is C33H28FN5O2S. The van der Waals surface area contributed by atoms with Gasteiger partial charge in [0.2, 0.25) is 11.8 Å². The standard InChI is InChI=1S/C33H28FN5O2S/c1-22-8-5-6-12-27(22)32-30-31(24-10-3-2-4-11-24)37-39(26-15-13-25(34)14-16-26)33(30)38(29(41)21-42-32)20-28(40)36-19-23-9-7-17-35-18-23/h2-18,32H,19-21H2,1H3,(H,36,40). The van der Waals surface area contributed by atoms with Crippen LogP contribution in [0.3, 0.4) is 0 Å². The van der Waals surface area contributed by atoms with Crippen LogP contribution in [-0.2, 0) is 16.1 Å². The Hall–Kier alpha value is -4.76. The second-order valence-electron chi connectivity index (χ2n) is 10.0. The zero-order valence-corrected chi connectivity index (χ0v) is 23.7. The van der Waals surface area contributed by atoms with Gasteiger partial charge in [0.05, 0.1) is 22.4 Å². The number of benzene rings is 3. The van der Waals surface area contributed by atoms with Crippen LogP contribution in [0.1, 0.15) is 27.5 Å². The van der Waals surface area contributed by atoms with Crippen LogP contribution in [0, 0.1) is 12.7 Å². The summed E-state index contributed by atoms with van der Waals surface area (Å²) in [4.78, 5) is 32.8. The zero-order valence-electron chi connectivity index (χ0n) is 22.9. The minimum atomic E-state index is -0.378. The number of fused-ring (bicyclic) bond motifs is 1. The molecule has 7 nitrogen and oxygen atoms in total. The Morgan fingerprint density at radius 1 is 1.00 bits per heavy atom. The van der Waals surface area contributed by atoms with Crippen molar-refractivity contribution in [2.24, 2.45) is 0 Å². The Labute approximate surface area is 247 Å². The molecule has 0 radical (unpaired) electrons. The number of pyridine rings is 1. The predicted octanol–water partition coefficient (Wildman–Crippen LogP) is 5.87. The number of aromatic nitrogens is 3. The number of anilines is 1. The van der Waals surface area contributed by atoms with Gasteiger partial charge in [-0.15, -0.1) is 11.8 Å². The van der Waals surface area contributed by atoms with E-state index in [0.717, 1.165) is 27.8 Å². The molecule has 1 unspecified atom stereocenters. The molecule has 6 rings (SSSR count). The topological polar surface area (TPSA) is 80.1 Å². The molecule has 0 saturated heterocycles. The molecule has 1 atom stereocenters. The number of carbonyl (C=O) groups excluding carboxylic acids is 2. The fraction of sp³-hybridized carbons (Fsp3) is 0.152. The van der Waals surface area contributed by atoms with Gasteiger partial charge in [-0.3, -0.25) is 19.5 Å². The molecule has 210 valence electrons. The number of nitrogens with zero attached hydrogens (tertiary/aromatic N) is 4. The molecule has 2 amide bonds. The van der Waals surface area contributed by atoms with E-state index in [0.29, 0.717) is 17.2 Å². The fourth-order valence-electron chi connectivity index (χ4n) is 5.12. The Balaban J connectivity index is 1.52. The summed E-state index contributed by atoms with van der Waals surface area (Å²) >= 11 is 1.52. The predicted molar refractivity (Wildman–Crippen MR) is 163 cm³/mol. The number of carbonyl (C=O) groups is 2. The minimum absolute atomic E-state index is 0.168. The van der Waals surface area contributed by atoms with Crippen molar-refractivity contribution in [1.29, 1.82) is 0 Å². The number of halogens is 1. The highest BCUT2D eigenvalue weighted by Gasteiger charge is 2.38. The number of aryl methyl sites for hydroxylation is 1. The first-order valence-electron chi connectivity index (χ1n) is 13.6. The number of rotatable bonds is 7. The van der Waals surface area contributed by atoms with E-state index in [4.69, 9.17) is 5.10 Å². The van der Waals surface area contributed by atoms with Crippen molar-refractivity contribution < 1.29 is 14.0 Å². The van der Waals surface area contributed by atoms with Gasteiger partial charge in [-0.05, 0) is 53.9 Å². The highest BCUT2D eigenvalue weighted by Crippen LogP contribution is 2.49. The number of nitrogens with one attached hydrogen (secondary N) is 1. The van der Waals surface area contributed by atoms with E-state index in [1.807, 2.05) is 48.5 Å². The van der Waals surface area contributed by atoms with Crippen LogP contribution in [0.2, 0.25) is 0 Å². The van der Waals surface area contributed by atoms with E-state index in [9.17, 15) is 14.0 Å². The lowest BCUT2D eigenvalue weighted by Gasteiger charge is -2.23. The molecule has 0 saturated carbocycles. The fourth-order valence-corrected chi connectivity index (χ4v) is 6.41. The second kappa shape index (κ2) is 12.0. The van der Waals surface area contributed by atoms with Crippen molar-refractivity contribution in [2.75, 3.05) is 17.2 Å². The molecule has 1 N–H and O–H groups in total. The molecular weight excluding hydrogens is 549 g/mol. The van der Waals surface area contributed by atoms with E-state index < -0.39 is 0 Å². The van der Waals surface area contributed by atoms with Gasteiger partial charge in [0.25, 0.3) is 0 Å². The van der Waals surface area contributed by atoms with Crippen molar-refractivity contribution in [3.8, 4) is 16.9 Å². The first-order valence-corrected chi connectivity index (χ1v) is 14.6. The first-order chi connectivity index (χ1) is 20.5. The van der Waals surface area contributed by atoms with Crippen molar-refractivity contribution in [1.82, 2.24) is 20.1 Å². The van der Waals surface area contributed by atoms with Gasteiger partial charge < -0.3 is 5.32 Å². The molecule has 9 heteroatoms. The summed E-state index contributed by atoms with van der Waals surface area (Å²) in [6.07, 6.45) is 3.36. The smallest absolute Gasteiger partial charge is 0.240 e. The maximum Gasteiger partial charge on any atom is 0.240 e. The maximum absolute atomic E-state index is 14.0. The SMILES string of the molecule is Cc1ccccc1C1SCC(=O)N(CC(=O)NCc2cccnc2)c2c1c(-c1ccccc1)nn2-c1ccc(F)cc1. The average molecular weight is 578 g/mol. The zero-order chi connectivity index (χ0) is 29.1. The van der Waals surface area contributed by atoms with Crippen LogP contribution in [-0.4, -0.2) is 38.9 Å². The van der Waals surface area contributed by atoms with Gasteiger partial charge in [0, 0.05) is 30.1 Å². The van der Waals surface area contributed by atoms with Crippen molar-refractivity contribution >= 4 is 29.4 Å². The summed E-state index contributed by atoms with van der Waals surface area (Å²) in [5.41, 5.74) is 6.00. The minimum Gasteiger partial charge on any atom is -0.350 e. The molecule has 3 heterocycles. The molecule has 1 aliphatic rings. The van der Waals surface area contributed by atoms with Crippen LogP contribution in [0.5, 0.6) is 0 Å². The van der Waals surface area contributed by atoms with E-state index in [-0.39, 0.29) is 41.7 Å². The lowest BCUT2D eigenvalue weighted by atomic mass is 9.97. The van der Waals surface area contributed by atoms with E-state index in [1.165, 1.54) is 28.8 Å². The van der Waals surface area contributed by atoms with Crippen molar-refractivity contribution in [3.05, 3.63) is 131 Å². The number of hydrogen-bond acceptors (Lipinski definition) is 5. The van der Waals surface area contributed by atoms with Crippen LogP contribution in [0.4, 0.5) is 10.2 Å². The van der Waals surface area contributed by atoms with Gasteiger partial charge >= 0.3 is 0 Å². The molecule has 0 bridgehead atoms. The van der Waals surface area contributed by atoms with Gasteiger partial charge in [-0.25, -0.2) is 9.07 Å². The quantitative estimate of drug-likeness (QED) is 0.262. The van der Waals surface area contributed by atoms with Crippen LogP contribution < -0.4 is 10.2 Å². The van der Waals surface area contributed by atoms with Gasteiger partial charge in [-0.2, -0.15) is 5.10 Å². The maximum atomic E-state index is 14.0. The number of amides is 2. The normalized spacial score (nSPS) is 14.8. The van der Waals surface area contributed by atoms with E-state index >= 15 is 0 Å². The molecule has 42 heavy (non-hydrogen) atoms. The van der Waals surface area contributed by atoms with Crippen LogP contribution in [0.25, 0.3) is 16.9 Å². The van der Waals surface area contributed by atoms with Gasteiger partial charge in [0.1, 0.15) is 18.2 Å². The van der Waals surface area contributed by atoms with Gasteiger partial charge in [-0.1, -0.05) is 60.7 Å². The summed E-state index contributed by atoms with van der Waals surface area (Å²) in [6, 6.07) is 27.6. The third kappa shape index (κ3) is 5.56. The summed E-state index contributed by atoms with van der Waals surface area (Å²) in [5, 5.41) is 7.72. The second-order valence-corrected chi connectivity index (χ2v) is 11.1. The van der Waals surface area contributed by atoms with Crippen molar-refractivity contribution in [3.63, 3.8) is 0 Å². The van der Waals surface area contributed by atoms with E-state index in [2.05, 4.69) is 29.4 Å². The molecule has 0 fully saturated rings. The first kappa shape index (κ1) is 27.4. The Kier molecular flexibility index (Phi) is 7.83. The molecule has 2 aromatic heterocycles. The average Bonchev–Trinajstić information content (AvgIpc) is 3.34. The largest absolute Gasteiger partial charge is 0.350 e. The molecule has 0 spiro atoms. The Bertz CT molecular complexity index is 1730. The Morgan fingerprint density at radius 2 is 1.76 bits per heavy atom. The lowest BCUT2D eigenvalue weighted by molar-refractivity contribution is -0.123. The molecule has 5 aromatic rings. The molecule has 1 aliphatic heterocycles. The summed E-state index contributed by atoms with van der Waals surface area (Å²) in [6.45, 7) is 2.14. The molecule has 3 aromatic carbocycles. The van der Waals surface area contributed by atoms with Gasteiger partial charge in [0.15, 0.2) is 0 Å². The summed E-state index contributed by atoms with van der Waals surface area (Å²) in [5.74, 6) is -0.236. The van der Waals surface area contributed by atoms with E-state index in [1.54, 1.807) is 35.3 Å². The van der Waals surface area contributed by atoms with Crippen LogP contribution in [0.15, 0.2) is 103 Å². The third-order valence-corrected chi connectivity index (χ3v) is 8.43. The number of thioether (sulfide) groups is 1. The lowest BCUT2D eigenvalue weighted by Crippen LogP contribution is -2.42. The third-order valence-electron chi connectivity index (χ3n) is 7.19. The van der Waals surface area contributed by atoms with Crippen LogP contribution >= 0.6 is 11.8 Å². The summed E-state index contributed by atoms with van der Waals surface area (Å²) in [7, 11) is 0. The number of hydrogen-bond donors (Lipinski definition) is 1. The summed E-state index contributed by atoms with van der Waals surface area (Å²) < 4.78 is 15.7.